The second kappa shape index (κ2) is 9.71. The number of fused-ring (bicyclic) bond motifs is 1. The summed E-state index contributed by atoms with van der Waals surface area (Å²) in [4.78, 5) is 11.7. The first kappa shape index (κ1) is 27.8. The predicted molar refractivity (Wildman–Crippen MR) is 131 cm³/mol. The maximum absolute atomic E-state index is 13.6. The number of halogens is 6. The molecule has 2 fully saturated rings. The Morgan fingerprint density at radius 3 is 2.31 bits per heavy atom. The molecular formula is C29H31F6NO3. The van der Waals surface area contributed by atoms with E-state index in [1.807, 2.05) is 18.2 Å². The molecular weight excluding hydrogens is 524 g/mol. The van der Waals surface area contributed by atoms with Crippen LogP contribution < -0.4 is 10.1 Å². The van der Waals surface area contributed by atoms with Gasteiger partial charge in [0.05, 0.1) is 17.0 Å². The van der Waals surface area contributed by atoms with Crippen LogP contribution in [0.1, 0.15) is 85.7 Å². The highest BCUT2D eigenvalue weighted by Gasteiger charge is 2.49. The van der Waals surface area contributed by atoms with E-state index in [0.29, 0.717) is 42.7 Å². The topological polar surface area (TPSA) is 58.6 Å². The summed E-state index contributed by atoms with van der Waals surface area (Å²) in [5.74, 6) is -0.405. The number of carboxylic acid groups (broad SMARTS) is 1. The minimum atomic E-state index is -4.78. The fourth-order valence-corrected chi connectivity index (χ4v) is 6.35. The van der Waals surface area contributed by atoms with Crippen LogP contribution in [0.4, 0.5) is 26.3 Å². The maximum Gasteiger partial charge on any atom is 0.416 e. The Morgan fingerprint density at radius 1 is 1.03 bits per heavy atom. The minimum absolute atomic E-state index is 0.0961. The van der Waals surface area contributed by atoms with Gasteiger partial charge >= 0.3 is 18.3 Å². The van der Waals surface area contributed by atoms with Crippen molar-refractivity contribution >= 4 is 5.97 Å². The van der Waals surface area contributed by atoms with Crippen LogP contribution in [0, 0.1) is 11.8 Å². The largest absolute Gasteiger partial charge is 0.487 e. The third kappa shape index (κ3) is 5.62. The molecule has 1 spiro atoms. The first-order chi connectivity index (χ1) is 18.2. The first-order valence-corrected chi connectivity index (χ1v) is 13.3. The molecule has 10 heteroatoms. The lowest BCUT2D eigenvalue weighted by Crippen LogP contribution is -2.58. The van der Waals surface area contributed by atoms with Gasteiger partial charge in [0.25, 0.3) is 0 Å². The zero-order valence-electron chi connectivity index (χ0n) is 21.6. The van der Waals surface area contributed by atoms with Gasteiger partial charge in [-0.15, -0.1) is 0 Å². The van der Waals surface area contributed by atoms with E-state index in [1.165, 1.54) is 6.92 Å². The number of aryl methyl sites for hydroxylation is 1. The van der Waals surface area contributed by atoms with Crippen LogP contribution in [0.3, 0.4) is 0 Å². The average Bonchev–Trinajstić information content (AvgIpc) is 3.66. The third-order valence-corrected chi connectivity index (χ3v) is 8.58. The molecule has 0 radical (unpaired) electrons. The van der Waals surface area contributed by atoms with Crippen LogP contribution in [-0.2, 0) is 23.6 Å². The number of hydrogen-bond acceptors (Lipinski definition) is 3. The van der Waals surface area contributed by atoms with Crippen molar-refractivity contribution in [2.45, 2.75) is 88.3 Å². The van der Waals surface area contributed by atoms with E-state index in [2.05, 4.69) is 5.32 Å². The summed E-state index contributed by atoms with van der Waals surface area (Å²) in [5.41, 5.74) is -1.16. The highest BCUT2D eigenvalue weighted by Crippen LogP contribution is 2.50. The van der Waals surface area contributed by atoms with Crippen LogP contribution in [0.15, 0.2) is 36.4 Å². The molecule has 212 valence electrons. The summed E-state index contributed by atoms with van der Waals surface area (Å²) >= 11 is 0. The number of alkyl halides is 6. The number of carbonyl (C=O) groups is 1. The summed E-state index contributed by atoms with van der Waals surface area (Å²) in [6.45, 7) is 3.17. The fourth-order valence-electron chi connectivity index (χ4n) is 6.35. The van der Waals surface area contributed by atoms with E-state index in [4.69, 9.17) is 4.74 Å². The van der Waals surface area contributed by atoms with Crippen LogP contribution in [-0.4, -0.2) is 22.7 Å². The molecule has 2 aliphatic carbocycles. The van der Waals surface area contributed by atoms with Gasteiger partial charge in [-0.1, -0.05) is 19.1 Å². The van der Waals surface area contributed by atoms with Crippen molar-refractivity contribution in [1.29, 1.82) is 0 Å². The lowest BCUT2D eigenvalue weighted by Gasteiger charge is -2.51. The second-order valence-corrected chi connectivity index (χ2v) is 11.4. The molecule has 39 heavy (non-hydrogen) atoms. The van der Waals surface area contributed by atoms with Crippen LogP contribution >= 0.6 is 0 Å². The van der Waals surface area contributed by atoms with Gasteiger partial charge in [-0.05, 0) is 85.4 Å². The molecule has 0 amide bonds. The lowest BCUT2D eigenvalue weighted by atomic mass is 9.70. The Hall–Kier alpha value is -2.75. The van der Waals surface area contributed by atoms with E-state index < -0.39 is 52.6 Å². The summed E-state index contributed by atoms with van der Waals surface area (Å²) in [5, 5.41) is 12.7. The molecule has 1 heterocycles. The molecule has 0 aromatic heterocycles. The number of benzene rings is 2. The molecule has 2 N–H and O–H groups in total. The van der Waals surface area contributed by atoms with Crippen molar-refractivity contribution in [3.8, 4) is 5.75 Å². The Morgan fingerprint density at radius 2 is 1.72 bits per heavy atom. The smallest absolute Gasteiger partial charge is 0.416 e. The molecule has 5 rings (SSSR count). The summed E-state index contributed by atoms with van der Waals surface area (Å²) in [7, 11) is 0. The van der Waals surface area contributed by atoms with Crippen molar-refractivity contribution in [1.82, 2.24) is 5.32 Å². The Labute approximate surface area is 222 Å². The monoisotopic (exact) mass is 555 g/mol. The van der Waals surface area contributed by atoms with Gasteiger partial charge in [0.2, 0.25) is 0 Å². The summed E-state index contributed by atoms with van der Waals surface area (Å²) in [6, 6.07) is 6.30. The van der Waals surface area contributed by atoms with Gasteiger partial charge in [0, 0.05) is 24.9 Å². The van der Waals surface area contributed by atoms with Crippen molar-refractivity contribution in [2.75, 3.05) is 0 Å². The zero-order valence-corrected chi connectivity index (χ0v) is 21.6. The molecule has 2 aromatic carbocycles. The van der Waals surface area contributed by atoms with Crippen LogP contribution in [0.5, 0.6) is 5.75 Å². The average molecular weight is 556 g/mol. The molecule has 3 unspecified atom stereocenters. The van der Waals surface area contributed by atoms with E-state index in [1.54, 1.807) is 6.92 Å². The Kier molecular flexibility index (Phi) is 6.92. The van der Waals surface area contributed by atoms with Crippen molar-refractivity contribution < 1.29 is 41.0 Å². The fraction of sp³-hybridized carbons (Fsp3) is 0.552. The highest BCUT2D eigenvalue weighted by atomic mass is 19.4. The molecule has 0 bridgehead atoms. The predicted octanol–water partition coefficient (Wildman–Crippen LogP) is 7.52. The second-order valence-electron chi connectivity index (χ2n) is 11.4. The van der Waals surface area contributed by atoms with Gasteiger partial charge in [0.1, 0.15) is 11.4 Å². The first-order valence-electron chi connectivity index (χ1n) is 13.3. The molecule has 2 aromatic rings. The summed E-state index contributed by atoms with van der Waals surface area (Å²) in [6.07, 6.45) is -5.02. The van der Waals surface area contributed by atoms with Gasteiger partial charge in [-0.25, -0.2) is 0 Å². The number of rotatable bonds is 7. The van der Waals surface area contributed by atoms with Gasteiger partial charge in [-0.2, -0.15) is 26.3 Å². The van der Waals surface area contributed by atoms with Crippen LogP contribution in [0.25, 0.3) is 0 Å². The zero-order chi connectivity index (χ0) is 28.3. The van der Waals surface area contributed by atoms with E-state index in [0.717, 1.165) is 36.8 Å². The number of carboxylic acids is 1. The van der Waals surface area contributed by atoms with Gasteiger partial charge < -0.3 is 15.2 Å². The maximum atomic E-state index is 13.6. The van der Waals surface area contributed by atoms with Crippen molar-refractivity contribution in [3.63, 3.8) is 0 Å². The number of hydrogen-bond donors (Lipinski definition) is 2. The SMILES string of the molecule is CC(NC1CC2(CCc3ccc(C(C4CC4)C(C)C(=O)O)cc3O2)C1)c1cc(C(F)(F)F)ccc1C(F)(F)F. The summed E-state index contributed by atoms with van der Waals surface area (Å²) < 4.78 is 86.8. The van der Waals surface area contributed by atoms with Gasteiger partial charge in [-0.3, -0.25) is 4.79 Å². The van der Waals surface area contributed by atoms with E-state index in [-0.39, 0.29) is 12.0 Å². The highest BCUT2D eigenvalue weighted by molar-refractivity contribution is 5.71. The molecule has 2 saturated carbocycles. The Balaban J connectivity index is 1.29. The van der Waals surface area contributed by atoms with E-state index in [9.17, 15) is 36.2 Å². The van der Waals surface area contributed by atoms with Crippen molar-refractivity contribution in [3.05, 3.63) is 64.2 Å². The van der Waals surface area contributed by atoms with Crippen LogP contribution in [0.2, 0.25) is 0 Å². The number of nitrogens with one attached hydrogen (secondary N) is 1. The van der Waals surface area contributed by atoms with Gasteiger partial charge in [0.15, 0.2) is 0 Å². The normalized spacial score (nSPS) is 25.3. The van der Waals surface area contributed by atoms with E-state index >= 15 is 0 Å². The molecule has 3 aliphatic rings. The molecule has 4 nitrogen and oxygen atoms in total. The quantitative estimate of drug-likeness (QED) is 0.347. The standard InChI is InChI=1S/C29H31F6NO3/c1-15(26(37)38)25(18-4-5-18)19-6-3-17-9-10-27(39-24(17)11-19)13-21(14-27)36-16(2)22-12-20(28(30,31)32)7-8-23(22)29(33,34)35/h3,6-8,11-12,15-16,18,21,25,36H,4-5,9-10,13-14H2,1-2H3,(H,37,38). The number of aliphatic carboxylic acids is 1. The third-order valence-electron chi connectivity index (χ3n) is 8.58. The minimum Gasteiger partial charge on any atom is -0.487 e. The number of ether oxygens (including phenoxy) is 1. The Bertz CT molecular complexity index is 1250. The molecule has 0 saturated heterocycles. The van der Waals surface area contributed by atoms with Crippen molar-refractivity contribution in [2.24, 2.45) is 11.8 Å². The lowest BCUT2D eigenvalue weighted by molar-refractivity contribution is -0.142. The molecule has 3 atom stereocenters. The molecule has 1 aliphatic heterocycles.